The second-order valence-corrected chi connectivity index (χ2v) is 8.64. The molecule has 9 nitrogen and oxygen atoms in total. The van der Waals surface area contributed by atoms with Crippen molar-refractivity contribution in [2.45, 2.75) is 38.2 Å². The van der Waals surface area contributed by atoms with Crippen molar-refractivity contribution in [1.29, 1.82) is 5.26 Å². The Morgan fingerprint density at radius 1 is 1.25 bits per heavy atom. The van der Waals surface area contributed by atoms with E-state index in [9.17, 15) is 23.2 Å². The molecule has 0 fully saturated rings. The first-order valence-corrected chi connectivity index (χ1v) is 11.1. The lowest BCUT2D eigenvalue weighted by Crippen LogP contribution is -2.37. The lowest BCUT2D eigenvalue weighted by molar-refractivity contribution is -0.192. The number of hydrogen-bond acceptors (Lipinski definition) is 6. The van der Waals surface area contributed by atoms with Crippen LogP contribution in [0, 0.1) is 17.2 Å². The number of likely N-dealkylation sites (N-methyl/N-ethyl adjacent to an activating group) is 1. The van der Waals surface area contributed by atoms with Crippen LogP contribution in [0.15, 0.2) is 59.8 Å². The molecule has 2 atom stereocenters. The van der Waals surface area contributed by atoms with Crippen molar-refractivity contribution in [3.05, 3.63) is 65.5 Å². The van der Waals surface area contributed by atoms with Gasteiger partial charge in [-0.2, -0.15) is 18.4 Å². The summed E-state index contributed by atoms with van der Waals surface area (Å²) in [4.78, 5) is 27.5. The van der Waals surface area contributed by atoms with Gasteiger partial charge in [-0.25, -0.2) is 9.78 Å². The Hall–Kier alpha value is -3.85. The normalized spacial score (nSPS) is 22.8. The first-order valence-electron chi connectivity index (χ1n) is 11.1. The zero-order valence-electron chi connectivity index (χ0n) is 19.5. The Labute approximate surface area is 205 Å². The number of aliphatic carboxylic acids is 1. The van der Waals surface area contributed by atoms with E-state index in [1.807, 2.05) is 48.8 Å². The quantitative estimate of drug-likeness (QED) is 0.556. The van der Waals surface area contributed by atoms with Crippen LogP contribution in [0.1, 0.15) is 18.5 Å². The van der Waals surface area contributed by atoms with Gasteiger partial charge in [0.1, 0.15) is 6.10 Å². The highest BCUT2D eigenvalue weighted by Crippen LogP contribution is 2.29. The summed E-state index contributed by atoms with van der Waals surface area (Å²) in [6.45, 7) is 2.22. The summed E-state index contributed by atoms with van der Waals surface area (Å²) in [5, 5.41) is 19.7. The summed E-state index contributed by atoms with van der Waals surface area (Å²) < 4.78 is 40.1. The van der Waals surface area contributed by atoms with Gasteiger partial charge < -0.3 is 19.7 Å². The number of halogens is 3. The minimum Gasteiger partial charge on any atom is -0.489 e. The number of carbonyl (C=O) groups is 2. The van der Waals surface area contributed by atoms with Gasteiger partial charge in [0.05, 0.1) is 36.0 Å². The molecular weight excluding hydrogens is 479 g/mol. The van der Waals surface area contributed by atoms with Crippen molar-refractivity contribution >= 4 is 11.9 Å². The van der Waals surface area contributed by atoms with Crippen LogP contribution >= 0.6 is 0 Å². The maximum Gasteiger partial charge on any atom is 0.490 e. The molecular formula is C24H26F3N5O4. The number of aromatic nitrogens is 2. The zero-order valence-corrected chi connectivity index (χ0v) is 19.5. The van der Waals surface area contributed by atoms with E-state index in [0.29, 0.717) is 44.6 Å². The second kappa shape index (κ2) is 11.7. The van der Waals surface area contributed by atoms with E-state index in [1.165, 1.54) is 5.57 Å². The fourth-order valence-corrected chi connectivity index (χ4v) is 3.91. The largest absolute Gasteiger partial charge is 0.490 e. The molecule has 0 saturated heterocycles. The van der Waals surface area contributed by atoms with E-state index in [4.69, 9.17) is 14.6 Å². The van der Waals surface area contributed by atoms with Crippen LogP contribution < -0.4 is 5.32 Å². The van der Waals surface area contributed by atoms with Crippen molar-refractivity contribution in [3.8, 4) is 6.07 Å². The van der Waals surface area contributed by atoms with Crippen LogP contribution in [0.3, 0.4) is 0 Å². The average molecular weight is 505 g/mol. The Morgan fingerprint density at radius 2 is 2.00 bits per heavy atom. The van der Waals surface area contributed by atoms with Gasteiger partial charge in [0, 0.05) is 44.6 Å². The molecule has 4 rings (SSSR count). The molecule has 36 heavy (non-hydrogen) atoms. The number of carboxylic acid groups (broad SMARTS) is 1. The number of carbonyl (C=O) groups excluding carboxylic acids is 1. The minimum atomic E-state index is -5.08. The molecule has 2 heterocycles. The number of nitriles is 1. The highest BCUT2D eigenvalue weighted by atomic mass is 19.4. The van der Waals surface area contributed by atoms with Crippen LogP contribution in [0.25, 0.3) is 0 Å². The third-order valence-corrected chi connectivity index (χ3v) is 5.67. The molecule has 1 aromatic heterocycles. The molecule has 1 aliphatic heterocycles. The molecule has 0 saturated carbocycles. The summed E-state index contributed by atoms with van der Waals surface area (Å²) >= 11 is 0. The Balaban J connectivity index is 0.000000454. The number of nitrogens with one attached hydrogen (secondary N) is 1. The van der Waals surface area contributed by atoms with Crippen molar-refractivity contribution in [2.75, 3.05) is 20.1 Å². The van der Waals surface area contributed by atoms with E-state index in [-0.39, 0.29) is 17.9 Å². The summed E-state index contributed by atoms with van der Waals surface area (Å²) in [5.74, 6) is -1.71. The first kappa shape index (κ1) is 26.7. The number of imidazole rings is 1. The van der Waals surface area contributed by atoms with Gasteiger partial charge in [-0.15, -0.1) is 0 Å². The van der Waals surface area contributed by atoms with Crippen molar-refractivity contribution in [3.63, 3.8) is 0 Å². The maximum absolute atomic E-state index is 12.3. The van der Waals surface area contributed by atoms with E-state index >= 15 is 0 Å². The van der Waals surface area contributed by atoms with Gasteiger partial charge in [0.2, 0.25) is 5.91 Å². The fraction of sp³-hybridized carbons (Fsp3) is 0.417. The molecule has 12 heteroatoms. The third-order valence-electron chi connectivity index (χ3n) is 5.67. The smallest absolute Gasteiger partial charge is 0.489 e. The minimum absolute atomic E-state index is 0.00496. The molecule has 192 valence electrons. The van der Waals surface area contributed by atoms with Gasteiger partial charge in [0.15, 0.2) is 0 Å². The molecule has 0 radical (unpaired) electrons. The predicted octanol–water partition coefficient (Wildman–Crippen LogP) is 2.70. The van der Waals surface area contributed by atoms with Crippen LogP contribution in [0.5, 0.6) is 0 Å². The predicted molar refractivity (Wildman–Crippen MR) is 122 cm³/mol. The summed E-state index contributed by atoms with van der Waals surface area (Å²) in [6.07, 6.45) is 9.57. The number of carboxylic acids is 1. The molecule has 1 amide bonds. The van der Waals surface area contributed by atoms with Crippen molar-refractivity contribution in [2.24, 2.45) is 5.92 Å². The van der Waals surface area contributed by atoms with Crippen molar-refractivity contribution in [1.82, 2.24) is 19.8 Å². The van der Waals surface area contributed by atoms with E-state index in [1.54, 1.807) is 0 Å². The monoisotopic (exact) mass is 505 g/mol. The molecule has 0 spiro atoms. The first-order chi connectivity index (χ1) is 17.0. The van der Waals surface area contributed by atoms with Crippen molar-refractivity contribution < 1.29 is 32.6 Å². The number of amides is 1. The molecule has 2 N–H and O–H groups in total. The Morgan fingerprint density at radius 3 is 2.69 bits per heavy atom. The highest BCUT2D eigenvalue weighted by molar-refractivity contribution is 5.78. The molecule has 4 bridgehead atoms. The number of nitrogens with zero attached hydrogens (tertiary/aromatic N) is 4. The number of fused-ring (bicyclic) bond motifs is 5. The number of alkyl halides is 3. The number of ether oxygens (including phenoxy) is 1. The summed E-state index contributed by atoms with van der Waals surface area (Å²) in [7, 11) is 1.94. The van der Waals surface area contributed by atoms with E-state index in [0.717, 1.165) is 11.5 Å². The van der Waals surface area contributed by atoms with Gasteiger partial charge in [0.25, 0.3) is 0 Å². The van der Waals surface area contributed by atoms with Crippen LogP contribution in [-0.2, 0) is 27.4 Å². The van der Waals surface area contributed by atoms with Gasteiger partial charge in [-0.1, -0.05) is 18.2 Å². The number of allylic oxidation sites excluding steroid dienone is 5. The molecule has 1 aromatic rings. The fourth-order valence-electron chi connectivity index (χ4n) is 3.91. The summed E-state index contributed by atoms with van der Waals surface area (Å²) in [6, 6.07) is 2.28. The van der Waals surface area contributed by atoms with Gasteiger partial charge in [-0.3, -0.25) is 9.69 Å². The summed E-state index contributed by atoms with van der Waals surface area (Å²) in [5.41, 5.74) is 2.87. The number of hydrogen-bond donors (Lipinski definition) is 2. The van der Waals surface area contributed by atoms with Gasteiger partial charge in [-0.05, 0) is 24.8 Å². The number of rotatable bonds is 0. The molecule has 2 aliphatic carbocycles. The van der Waals surface area contributed by atoms with Gasteiger partial charge >= 0.3 is 12.1 Å². The molecule has 3 aliphatic rings. The van der Waals surface area contributed by atoms with Crippen LogP contribution in [0.2, 0.25) is 0 Å². The standard InChI is InChI=1S/C22H25N5O2.C2HF3O2/c1-26-13-19-11-24-15-27(19)12-17-5-6-18(9-23)21(8-17)29-20-4-2-3-16(7-20)10-25-22(28)14-26;3-2(4,5)1(6)7/h2-6,11,15-16,21H,7-8,10,12-14H2,1H3,(H,25,28);(H,6,7). The van der Waals surface area contributed by atoms with E-state index < -0.39 is 12.1 Å². The zero-order chi connectivity index (χ0) is 26.3. The highest BCUT2D eigenvalue weighted by Gasteiger charge is 2.38. The average Bonchev–Trinajstić information content (AvgIpc) is 3.23. The third kappa shape index (κ3) is 7.58. The second-order valence-electron chi connectivity index (χ2n) is 8.64. The van der Waals surface area contributed by atoms with E-state index in [2.05, 4.69) is 27.0 Å². The lowest BCUT2D eigenvalue weighted by Gasteiger charge is -2.28. The maximum atomic E-state index is 12.3. The lowest BCUT2D eigenvalue weighted by atomic mass is 9.94. The Kier molecular flexibility index (Phi) is 8.71. The Bertz CT molecular complexity index is 1140. The molecule has 0 aromatic carbocycles. The van der Waals surface area contributed by atoms with Crippen LogP contribution in [0.4, 0.5) is 13.2 Å². The SMILES string of the molecule is CN1CC(=O)NCC2C=CC=C(C2)OC2CC(=CC=C2C#N)Cn2cncc2C1.O=C(O)C(F)(F)F. The van der Waals surface area contributed by atoms with Crippen LogP contribution in [-0.4, -0.2) is 63.9 Å². The topological polar surface area (TPSA) is 120 Å². The molecule has 2 unspecified atom stereocenters.